The van der Waals surface area contributed by atoms with Crippen molar-refractivity contribution < 1.29 is 28.8 Å². The minimum absolute atomic E-state index is 0.0122. The molecule has 48 heavy (non-hydrogen) atoms. The number of hydrogen-bond donors (Lipinski definition) is 3. The molecule has 0 aromatic carbocycles. The van der Waals surface area contributed by atoms with Crippen LogP contribution in [-0.2, 0) is 28.8 Å². The molecule has 4 heterocycles. The monoisotopic (exact) mass is 684 g/mol. The number of ether oxygens (including phenoxy) is 1. The fraction of sp³-hybridized carbons (Fsp3) is 0.714. The Bertz CT molecular complexity index is 1460. The lowest BCUT2D eigenvalue weighted by atomic mass is 9.84. The van der Waals surface area contributed by atoms with Gasteiger partial charge in [-0.25, -0.2) is 0 Å². The van der Waals surface area contributed by atoms with Crippen LogP contribution in [0.25, 0.3) is 0 Å². The van der Waals surface area contributed by atoms with Crippen LogP contribution in [0, 0.1) is 5.92 Å². The van der Waals surface area contributed by atoms with Gasteiger partial charge >= 0.3 is 0 Å². The first-order valence-electron chi connectivity index (χ1n) is 17.6. The number of rotatable bonds is 11. The van der Waals surface area contributed by atoms with Crippen molar-refractivity contribution in [3.8, 4) is 0 Å². The summed E-state index contributed by atoms with van der Waals surface area (Å²) in [5.74, 6) is -1.65. The van der Waals surface area contributed by atoms with Crippen LogP contribution >= 0.6 is 11.6 Å². The topological polar surface area (TPSA) is 151 Å². The molecule has 262 valence electrons. The van der Waals surface area contributed by atoms with Gasteiger partial charge in [0.25, 0.3) is 5.91 Å². The number of carbonyl (C=O) groups excluding carboxylic acids is 4. The highest BCUT2D eigenvalue weighted by atomic mass is 35.5. The smallest absolute Gasteiger partial charge is 0.289 e. The van der Waals surface area contributed by atoms with E-state index in [0.29, 0.717) is 41.6 Å². The zero-order valence-electron chi connectivity index (χ0n) is 28.5. The number of ketones is 1. The van der Waals surface area contributed by atoms with E-state index in [2.05, 4.69) is 26.1 Å². The summed E-state index contributed by atoms with van der Waals surface area (Å²) in [5.41, 5.74) is -1.41. The molecule has 1 aromatic heterocycles. The van der Waals surface area contributed by atoms with Crippen molar-refractivity contribution in [1.29, 1.82) is 0 Å². The van der Waals surface area contributed by atoms with E-state index < -0.39 is 52.7 Å². The Balaban J connectivity index is 1.23. The normalized spacial score (nSPS) is 30.5. The summed E-state index contributed by atoms with van der Waals surface area (Å²) in [4.78, 5) is 66.6. The van der Waals surface area contributed by atoms with Crippen LogP contribution in [-0.4, -0.2) is 86.7 Å². The van der Waals surface area contributed by atoms with Gasteiger partial charge in [0.2, 0.25) is 17.6 Å². The van der Waals surface area contributed by atoms with Gasteiger partial charge in [0, 0.05) is 30.1 Å². The second-order valence-electron chi connectivity index (χ2n) is 15.2. The quantitative estimate of drug-likeness (QED) is 0.298. The molecule has 1 aromatic rings. The standard InChI is InChI=1S/C35H49ClN6O6/c1-5-9-24(28(43)31(45)38-23-12-13-23)39-30(44)27-19-35(18-26(41-48-35)25-16-22(36)14-15-37-25)20-42(27)32(46)29-33(2,3)47-34(4,40-29)17-21-10-7-6-8-11-21/h14-16,21,23-24,27,29,40H,5-13,17-20H2,1-4H3,(H,38,45)(H,39,44)/t24-,27-,29+,34?,35+/m0/s1. The Hall–Kier alpha value is -3.09. The number of amides is 3. The summed E-state index contributed by atoms with van der Waals surface area (Å²) in [6.07, 6.45) is 11.4. The second-order valence-corrected chi connectivity index (χ2v) is 15.7. The maximum atomic E-state index is 14.6. The van der Waals surface area contributed by atoms with Gasteiger partial charge in [0.15, 0.2) is 5.60 Å². The lowest BCUT2D eigenvalue weighted by molar-refractivity contribution is -0.145. The molecule has 0 radical (unpaired) electrons. The van der Waals surface area contributed by atoms with Crippen LogP contribution in [0.15, 0.2) is 23.5 Å². The Labute approximate surface area is 287 Å². The number of oxime groups is 1. The van der Waals surface area contributed by atoms with Crippen LogP contribution in [0.5, 0.6) is 0 Å². The van der Waals surface area contributed by atoms with Crippen molar-refractivity contribution in [2.75, 3.05) is 6.54 Å². The van der Waals surface area contributed by atoms with Crippen molar-refractivity contribution in [3.63, 3.8) is 0 Å². The first-order valence-corrected chi connectivity index (χ1v) is 18.0. The highest BCUT2D eigenvalue weighted by Gasteiger charge is 2.59. The number of likely N-dealkylation sites (tertiary alicyclic amines) is 1. The third kappa shape index (κ3) is 7.55. The van der Waals surface area contributed by atoms with Crippen molar-refractivity contribution in [2.24, 2.45) is 11.1 Å². The summed E-state index contributed by atoms with van der Waals surface area (Å²) in [6, 6.07) is 0.676. The largest absolute Gasteiger partial charge is 0.386 e. The summed E-state index contributed by atoms with van der Waals surface area (Å²) in [5, 5.41) is 13.9. The first-order chi connectivity index (χ1) is 22.8. The third-order valence-corrected chi connectivity index (χ3v) is 10.7. The van der Waals surface area contributed by atoms with Crippen LogP contribution in [0.1, 0.15) is 110 Å². The summed E-state index contributed by atoms with van der Waals surface area (Å²) < 4.78 is 6.60. The molecule has 3 N–H and O–H groups in total. The van der Waals surface area contributed by atoms with E-state index in [4.69, 9.17) is 21.2 Å². The van der Waals surface area contributed by atoms with Crippen molar-refractivity contribution >= 4 is 40.8 Å². The Morgan fingerprint density at radius 3 is 2.56 bits per heavy atom. The number of nitrogens with one attached hydrogen (secondary N) is 3. The third-order valence-electron chi connectivity index (χ3n) is 10.5. The molecule has 2 saturated carbocycles. The summed E-state index contributed by atoms with van der Waals surface area (Å²) in [7, 11) is 0. The van der Waals surface area contributed by atoms with Crippen LogP contribution in [0.3, 0.4) is 0 Å². The van der Waals surface area contributed by atoms with E-state index >= 15 is 0 Å². The average Bonchev–Trinajstić information content (AvgIpc) is 3.54. The number of carbonyl (C=O) groups is 4. The highest BCUT2D eigenvalue weighted by molar-refractivity contribution is 6.38. The number of halogens is 1. The molecule has 3 aliphatic heterocycles. The minimum atomic E-state index is -1.01. The molecule has 13 heteroatoms. The molecule has 2 aliphatic carbocycles. The van der Waals surface area contributed by atoms with Crippen molar-refractivity contribution in [2.45, 2.75) is 146 Å². The molecule has 1 unspecified atom stereocenters. The number of nitrogens with zero attached hydrogens (tertiary/aromatic N) is 3. The van der Waals surface area contributed by atoms with Gasteiger partial charge in [-0.1, -0.05) is 62.2 Å². The van der Waals surface area contributed by atoms with Gasteiger partial charge < -0.3 is 25.1 Å². The summed E-state index contributed by atoms with van der Waals surface area (Å²) >= 11 is 6.22. The maximum absolute atomic E-state index is 14.6. The molecule has 6 rings (SSSR count). The van der Waals surface area contributed by atoms with Gasteiger partial charge in [-0.15, -0.1) is 0 Å². The predicted octanol–water partition coefficient (Wildman–Crippen LogP) is 3.79. The zero-order chi connectivity index (χ0) is 34.3. The number of pyridine rings is 1. The Morgan fingerprint density at radius 2 is 1.88 bits per heavy atom. The van der Waals surface area contributed by atoms with Crippen LogP contribution in [0.2, 0.25) is 5.02 Å². The van der Waals surface area contributed by atoms with E-state index in [9.17, 15) is 19.2 Å². The second kappa shape index (κ2) is 13.7. The van der Waals surface area contributed by atoms with Crippen LogP contribution in [0.4, 0.5) is 0 Å². The van der Waals surface area contributed by atoms with Crippen molar-refractivity contribution in [3.05, 3.63) is 29.0 Å². The molecule has 5 atom stereocenters. The Morgan fingerprint density at radius 1 is 1.12 bits per heavy atom. The SMILES string of the molecule is CCC[C@H](NC(=O)[C@@H]1C[C@]2(CC(c3cc(Cl)ccn3)=NO2)CN1C(=O)[C@H]1NC(C)(CC2CCCCC2)OC1(C)C)C(=O)C(=O)NC1CC1. The Kier molecular flexibility index (Phi) is 9.90. The minimum Gasteiger partial charge on any atom is -0.386 e. The van der Waals surface area contributed by atoms with E-state index in [-0.39, 0.29) is 24.9 Å². The van der Waals surface area contributed by atoms with E-state index in [0.717, 1.165) is 32.1 Å². The van der Waals surface area contributed by atoms with E-state index in [1.54, 1.807) is 23.2 Å². The van der Waals surface area contributed by atoms with Gasteiger partial charge in [0.05, 0.1) is 23.9 Å². The molecular weight excluding hydrogens is 636 g/mol. The predicted molar refractivity (Wildman–Crippen MR) is 179 cm³/mol. The number of aromatic nitrogens is 1. The van der Waals surface area contributed by atoms with Gasteiger partial charge in [0.1, 0.15) is 23.5 Å². The molecule has 3 amide bonds. The molecule has 2 saturated heterocycles. The molecule has 12 nitrogen and oxygen atoms in total. The van der Waals surface area contributed by atoms with Gasteiger partial charge in [-0.2, -0.15) is 0 Å². The lowest BCUT2D eigenvalue weighted by Crippen LogP contribution is -2.58. The first kappa shape index (κ1) is 34.8. The van der Waals surface area contributed by atoms with Gasteiger partial charge in [-0.3, -0.25) is 29.5 Å². The zero-order valence-corrected chi connectivity index (χ0v) is 29.2. The molecule has 4 fully saturated rings. The van der Waals surface area contributed by atoms with E-state index in [1.165, 1.54) is 19.3 Å². The number of Topliss-reactive ketones (excluding diaryl/α,β-unsaturated/α-hetero) is 1. The number of hydrogen-bond acceptors (Lipinski definition) is 9. The fourth-order valence-electron chi connectivity index (χ4n) is 8.01. The fourth-order valence-corrected chi connectivity index (χ4v) is 8.17. The summed E-state index contributed by atoms with van der Waals surface area (Å²) in [6.45, 7) is 7.81. The van der Waals surface area contributed by atoms with Gasteiger partial charge in [-0.05, 0) is 64.5 Å². The highest BCUT2D eigenvalue weighted by Crippen LogP contribution is 2.43. The van der Waals surface area contributed by atoms with Crippen molar-refractivity contribution in [1.82, 2.24) is 25.8 Å². The molecule has 1 spiro atoms. The van der Waals surface area contributed by atoms with Crippen LogP contribution < -0.4 is 16.0 Å². The lowest BCUT2D eigenvalue weighted by Gasteiger charge is -2.32. The molecule has 5 aliphatic rings. The maximum Gasteiger partial charge on any atom is 0.289 e. The van der Waals surface area contributed by atoms with E-state index in [1.807, 2.05) is 27.7 Å². The molecule has 0 bridgehead atoms. The average molecular weight is 685 g/mol. The molecular formula is C35H49ClN6O6.